The molecule has 9 heteroatoms. The fraction of sp³-hybridized carbons (Fsp3) is 0.238. The predicted molar refractivity (Wildman–Crippen MR) is 116 cm³/mol. The van der Waals surface area contributed by atoms with Crippen LogP contribution in [0.2, 0.25) is 0 Å². The number of imide groups is 1. The number of benzene rings is 1. The summed E-state index contributed by atoms with van der Waals surface area (Å²) < 4.78 is 11.7. The molecule has 0 aliphatic carbocycles. The molecule has 0 radical (unpaired) electrons. The summed E-state index contributed by atoms with van der Waals surface area (Å²) in [5.74, 6) is 0.206. The molecule has 0 spiro atoms. The Morgan fingerprint density at radius 1 is 1.30 bits per heavy atom. The number of fused-ring (bicyclic) bond motifs is 1. The van der Waals surface area contributed by atoms with E-state index in [1.807, 2.05) is 45.0 Å². The monoisotopic (exact) mass is 424 g/mol. The number of carbonyl (C=O) groups is 2. The van der Waals surface area contributed by atoms with Crippen molar-refractivity contribution in [1.82, 2.24) is 15.3 Å². The number of nitrogens with one attached hydrogen (secondary N) is 2. The highest BCUT2D eigenvalue weighted by molar-refractivity contribution is 8.18. The first-order valence-electron chi connectivity index (χ1n) is 9.49. The molecule has 1 aliphatic rings. The molecule has 1 saturated heterocycles. The predicted octanol–water partition coefficient (Wildman–Crippen LogP) is 4.43. The number of ether oxygens (including phenoxy) is 1. The van der Waals surface area contributed by atoms with Gasteiger partial charge < -0.3 is 14.5 Å². The molecule has 1 aliphatic heterocycles. The van der Waals surface area contributed by atoms with Crippen LogP contribution in [-0.2, 0) is 4.79 Å². The second-order valence-electron chi connectivity index (χ2n) is 6.87. The zero-order valence-corrected chi connectivity index (χ0v) is 17.5. The van der Waals surface area contributed by atoms with Gasteiger partial charge in [0.2, 0.25) is 0 Å². The molecule has 154 valence electrons. The van der Waals surface area contributed by atoms with Crippen LogP contribution >= 0.6 is 11.8 Å². The molecule has 0 unspecified atom stereocenters. The molecule has 2 N–H and O–H groups in total. The summed E-state index contributed by atoms with van der Waals surface area (Å²) in [5.41, 5.74) is 3.53. The van der Waals surface area contributed by atoms with Crippen LogP contribution in [0.15, 0.2) is 39.8 Å². The number of hydrogen-bond acceptors (Lipinski definition) is 8. The van der Waals surface area contributed by atoms with Gasteiger partial charge in [-0.15, -0.1) is 0 Å². The molecule has 1 aromatic carbocycles. The number of anilines is 1. The van der Waals surface area contributed by atoms with Crippen LogP contribution in [0.25, 0.3) is 28.4 Å². The van der Waals surface area contributed by atoms with Gasteiger partial charge in [-0.05, 0) is 62.4 Å². The van der Waals surface area contributed by atoms with Crippen LogP contribution in [0.4, 0.5) is 10.8 Å². The number of carbonyl (C=O) groups excluding carboxylic acids is 2. The zero-order valence-electron chi connectivity index (χ0n) is 16.7. The van der Waals surface area contributed by atoms with Crippen molar-refractivity contribution in [2.75, 3.05) is 11.9 Å². The number of amides is 2. The molecule has 3 aromatic rings. The number of thioether (sulfide) groups is 1. The Bertz CT molecular complexity index is 1150. The van der Waals surface area contributed by atoms with Crippen LogP contribution in [0.1, 0.15) is 26.3 Å². The highest BCUT2D eigenvalue weighted by Crippen LogP contribution is 2.34. The molecule has 30 heavy (non-hydrogen) atoms. The molecule has 4 rings (SSSR count). The van der Waals surface area contributed by atoms with Gasteiger partial charge in [0.05, 0.1) is 16.7 Å². The Hall–Kier alpha value is -3.33. The lowest BCUT2D eigenvalue weighted by Gasteiger charge is -2.11. The zero-order chi connectivity index (χ0) is 21.3. The largest absolute Gasteiger partial charge is 0.487 e. The first-order valence-corrected chi connectivity index (χ1v) is 10.3. The van der Waals surface area contributed by atoms with Crippen molar-refractivity contribution >= 4 is 46.1 Å². The summed E-state index contributed by atoms with van der Waals surface area (Å²) in [6, 6.07) is 7.90. The fourth-order valence-corrected chi connectivity index (χ4v) is 3.63. The molecule has 1 fully saturated rings. The van der Waals surface area contributed by atoms with Crippen molar-refractivity contribution in [1.29, 1.82) is 0 Å². The van der Waals surface area contributed by atoms with E-state index in [-0.39, 0.29) is 11.3 Å². The van der Waals surface area contributed by atoms with Crippen molar-refractivity contribution in [2.45, 2.75) is 26.9 Å². The first-order chi connectivity index (χ1) is 14.4. The molecule has 0 bridgehead atoms. The minimum atomic E-state index is -0.391. The number of hydrogen-bond donors (Lipinski definition) is 2. The number of rotatable bonds is 6. The van der Waals surface area contributed by atoms with E-state index >= 15 is 0 Å². The second kappa shape index (κ2) is 8.19. The standard InChI is InChI=1S/C21H20N4O4S/c1-4-22-20-24-15-8-13(9-16(18(15)29-20)28-11(2)3)14-6-5-12(10-23-14)7-17-19(26)25-21(27)30-17/h5-11H,4H2,1-3H3,(H,22,24)(H,25,26,27)/b17-7+. The average molecular weight is 424 g/mol. The normalized spacial score (nSPS) is 15.3. The summed E-state index contributed by atoms with van der Waals surface area (Å²) in [6.45, 7) is 6.56. The van der Waals surface area contributed by atoms with Gasteiger partial charge in [-0.3, -0.25) is 19.9 Å². The van der Waals surface area contributed by atoms with Gasteiger partial charge in [0.15, 0.2) is 11.3 Å². The Morgan fingerprint density at radius 2 is 2.13 bits per heavy atom. The Morgan fingerprint density at radius 3 is 2.77 bits per heavy atom. The summed E-state index contributed by atoms with van der Waals surface area (Å²) in [5, 5.41) is 4.94. The summed E-state index contributed by atoms with van der Waals surface area (Å²) >= 11 is 0.877. The first kappa shape index (κ1) is 20.0. The van der Waals surface area contributed by atoms with Gasteiger partial charge in [0.1, 0.15) is 5.52 Å². The highest BCUT2D eigenvalue weighted by atomic mass is 32.2. The maximum atomic E-state index is 11.7. The number of aromatic nitrogens is 2. The van der Waals surface area contributed by atoms with E-state index in [2.05, 4.69) is 20.6 Å². The molecule has 0 atom stereocenters. The van der Waals surface area contributed by atoms with E-state index in [0.29, 0.717) is 34.3 Å². The lowest BCUT2D eigenvalue weighted by atomic mass is 10.1. The van der Waals surface area contributed by atoms with Crippen molar-refractivity contribution in [3.63, 3.8) is 0 Å². The Labute approximate surface area is 177 Å². The van der Waals surface area contributed by atoms with Crippen molar-refractivity contribution in [3.05, 3.63) is 40.9 Å². The third kappa shape index (κ3) is 4.16. The van der Waals surface area contributed by atoms with Crippen molar-refractivity contribution in [3.8, 4) is 17.0 Å². The Kier molecular flexibility index (Phi) is 5.45. The van der Waals surface area contributed by atoms with E-state index in [1.165, 1.54) is 0 Å². The minimum absolute atomic E-state index is 0.0316. The van der Waals surface area contributed by atoms with Crippen molar-refractivity contribution < 1.29 is 18.7 Å². The highest BCUT2D eigenvalue weighted by Gasteiger charge is 2.25. The molecule has 2 amide bonds. The van der Waals surface area contributed by atoms with Crippen LogP contribution in [0.3, 0.4) is 0 Å². The van der Waals surface area contributed by atoms with Gasteiger partial charge in [-0.1, -0.05) is 6.07 Å². The summed E-state index contributed by atoms with van der Waals surface area (Å²) in [4.78, 5) is 32.3. The number of pyridine rings is 1. The minimum Gasteiger partial charge on any atom is -0.487 e. The maximum Gasteiger partial charge on any atom is 0.295 e. The van der Waals surface area contributed by atoms with E-state index in [9.17, 15) is 9.59 Å². The topological polar surface area (TPSA) is 106 Å². The molecular formula is C21H20N4O4S. The molecule has 3 heterocycles. The van der Waals surface area contributed by atoms with Gasteiger partial charge >= 0.3 is 0 Å². The van der Waals surface area contributed by atoms with Crippen molar-refractivity contribution in [2.24, 2.45) is 0 Å². The quantitative estimate of drug-likeness (QED) is 0.560. The van der Waals surface area contributed by atoms with Gasteiger partial charge in [0, 0.05) is 18.3 Å². The van der Waals surface area contributed by atoms with E-state index < -0.39 is 5.91 Å². The van der Waals surface area contributed by atoms with E-state index in [0.717, 1.165) is 28.6 Å². The Balaban J connectivity index is 1.69. The smallest absolute Gasteiger partial charge is 0.295 e. The van der Waals surface area contributed by atoms with Crippen LogP contribution < -0.4 is 15.4 Å². The van der Waals surface area contributed by atoms with E-state index in [4.69, 9.17) is 9.15 Å². The van der Waals surface area contributed by atoms with Crippen LogP contribution in [0.5, 0.6) is 5.75 Å². The van der Waals surface area contributed by atoms with E-state index in [1.54, 1.807) is 12.3 Å². The summed E-state index contributed by atoms with van der Waals surface area (Å²) in [6.07, 6.45) is 3.26. The van der Waals surface area contributed by atoms with Gasteiger partial charge in [-0.25, -0.2) is 0 Å². The van der Waals surface area contributed by atoms with Gasteiger partial charge in [0.25, 0.3) is 17.2 Å². The average Bonchev–Trinajstić information content (AvgIpc) is 3.24. The molecule has 2 aromatic heterocycles. The molecule has 8 nitrogen and oxygen atoms in total. The molecule has 0 saturated carbocycles. The number of oxazole rings is 1. The third-order valence-electron chi connectivity index (χ3n) is 4.17. The van der Waals surface area contributed by atoms with Crippen LogP contribution in [-0.4, -0.2) is 33.8 Å². The number of nitrogens with zero attached hydrogens (tertiary/aromatic N) is 2. The van der Waals surface area contributed by atoms with Gasteiger partial charge in [-0.2, -0.15) is 4.98 Å². The second-order valence-corrected chi connectivity index (χ2v) is 7.88. The van der Waals surface area contributed by atoms with Crippen LogP contribution in [0, 0.1) is 0 Å². The lowest BCUT2D eigenvalue weighted by Crippen LogP contribution is -2.17. The third-order valence-corrected chi connectivity index (χ3v) is 4.98. The summed E-state index contributed by atoms with van der Waals surface area (Å²) in [7, 11) is 0. The maximum absolute atomic E-state index is 11.7. The lowest BCUT2D eigenvalue weighted by molar-refractivity contribution is -0.115. The fourth-order valence-electron chi connectivity index (χ4n) is 2.95. The SMILES string of the molecule is CCNc1nc2cc(-c3ccc(/C=C4/SC(=O)NC4=O)cn3)cc(OC(C)C)c2o1. The molecular weight excluding hydrogens is 404 g/mol.